The molecule has 0 atom stereocenters. The first-order valence-electron chi connectivity index (χ1n) is 32.4. The summed E-state index contributed by atoms with van der Waals surface area (Å²) in [5, 5.41) is 0. The van der Waals surface area contributed by atoms with Crippen LogP contribution in [0.3, 0.4) is 0 Å². The first kappa shape index (κ1) is 427. The number of hydrogen-bond acceptors (Lipinski definition) is 0. The number of unbranched alkanes of at least 4 members (excludes halogenated alkanes) is 16. The van der Waals surface area contributed by atoms with Crippen molar-refractivity contribution in [3.8, 4) is 0 Å². The molecule has 0 aromatic carbocycles. The Kier molecular flexibility index (Phi) is 1170. The van der Waals surface area contributed by atoms with Crippen molar-refractivity contribution in [2.75, 3.05) is 105 Å². The second-order valence-electron chi connectivity index (χ2n) is 22.6. The van der Waals surface area contributed by atoms with Crippen LogP contribution in [-0.4, -0.2) is 123 Å². The van der Waals surface area contributed by atoms with Crippen LogP contribution in [0.1, 0.15) is 316 Å². The third-order valence-electron chi connectivity index (χ3n) is 15.8. The summed E-state index contributed by atoms with van der Waals surface area (Å²) in [6.07, 6.45) is 44.2. The van der Waals surface area contributed by atoms with Gasteiger partial charge >= 0.3 is 130 Å². The van der Waals surface area contributed by atoms with Crippen molar-refractivity contribution < 1.29 is 540 Å². The predicted molar refractivity (Wildman–Crippen MR) is 344 cm³/mol. The molecule has 0 aromatic rings. The first-order chi connectivity index (χ1) is 33.0. The van der Waals surface area contributed by atoms with Gasteiger partial charge < -0.3 is 243 Å². The van der Waals surface area contributed by atoms with Crippen LogP contribution in [0, 0.1) is 0 Å². The molecule has 780 valence electrons. The maximum Gasteiger partial charge on any atom is 4.00 e. The smallest absolute Gasteiger partial charge is 2.00 e. The fourth-order valence-electron chi connectivity index (χ4n) is 10.6. The normalized spacial score (nSPS) is 6.63. The van der Waals surface area contributed by atoms with Crippen molar-refractivity contribution in [2.24, 2.45) is 0 Å². The molecule has 0 fully saturated rings. The van der Waals surface area contributed by atoms with E-state index in [1.54, 1.807) is 0 Å². The summed E-state index contributed by atoms with van der Waals surface area (Å²) in [6.45, 7) is 60.1. The first-order valence-corrected chi connectivity index (χ1v) is 32.4. The van der Waals surface area contributed by atoms with E-state index in [9.17, 15) is 0 Å². The van der Waals surface area contributed by atoms with Gasteiger partial charge in [0, 0.05) is 167 Å². The number of halogens is 1. The third-order valence-corrected chi connectivity index (χ3v) is 15.8. The molecule has 16 radical (unpaired) electrons. The average Bonchev–Trinajstić information content (AvgIpc) is 3.37. The summed E-state index contributed by atoms with van der Waals surface area (Å²) < 4.78 is 5.68. The van der Waals surface area contributed by atoms with Crippen molar-refractivity contribution in [1.29, 1.82) is 0 Å². The van der Waals surface area contributed by atoms with Gasteiger partial charge in [0.1, 0.15) is 0 Å². The standard InChI is InChI=1S/4C16H36N.BrH.38O.16V/c4*1-5-9-13-17(14-10-6-2,15-11-7-3)16-12-8-4;;;;;;;;;;;;;;;;;;;;;;;;;;;;;;;;;;;;;;;;;;;;;;;;;;;;;;;/h4*5-16H2,1-4H3;1H;;;;;;;;;;;;;;;;;;;;;;;;;;;;;;;;;;;;;;;;;;;;;;;;;;;;;;/q4*+1;;38*-2;;;;;;;;;;7*+4/p-1. The van der Waals surface area contributed by atoms with E-state index in [0.717, 1.165) is 0 Å². The summed E-state index contributed by atoms with van der Waals surface area (Å²) >= 11 is 0. The van der Waals surface area contributed by atoms with Crippen molar-refractivity contribution in [2.45, 2.75) is 316 Å². The molecule has 0 aliphatic rings. The minimum atomic E-state index is 0. The van der Waals surface area contributed by atoms with E-state index >= 15 is 0 Å². The molecule has 0 aliphatic heterocycles. The maximum absolute atomic E-state index is 2.33. The van der Waals surface area contributed by atoms with E-state index in [0.29, 0.717) is 0 Å². The summed E-state index contributed by atoms with van der Waals surface area (Å²) in [5.41, 5.74) is 0. The molecule has 123 heavy (non-hydrogen) atoms. The Labute approximate surface area is 950 Å². The molecule has 0 saturated carbocycles. The van der Waals surface area contributed by atoms with Gasteiger partial charge in [0.2, 0.25) is 0 Å². The van der Waals surface area contributed by atoms with Gasteiger partial charge in [0.25, 0.3) is 0 Å². The third kappa shape index (κ3) is 275. The van der Waals surface area contributed by atoms with E-state index in [1.165, 1.54) is 328 Å². The van der Waals surface area contributed by atoms with Crippen LogP contribution in [-0.2, 0) is 505 Å². The van der Waals surface area contributed by atoms with Crippen LogP contribution in [0.2, 0.25) is 0 Å². The SMILES string of the molecule is CCCC[N+](CCCC)(CCCC)CCCC.CCCC[N+](CCCC)(CCCC)CCCC.CCCC[N+](CCCC)(CCCC)CCCC.CCCC[N+](CCCC)(CCCC)CCCC.[Br-].[O-2].[O-2].[O-2].[O-2].[O-2].[O-2].[O-2].[O-2].[O-2].[O-2].[O-2].[O-2].[O-2].[O-2].[O-2].[O-2].[O-2].[O-2].[O-2].[O-2].[O-2].[O-2].[O-2].[O-2].[O-2].[O-2].[O-2].[O-2].[O-2].[O-2].[O-2].[O-2].[O-2].[O-2].[O-2].[O-2].[O-2].[O-2].[V+4].[V+4].[V+4].[V+4].[V+4].[V+4].[V+4].[V].[V].[V].[V].[V].[V].[V].[V].[V]. The molecule has 0 aromatic heterocycles. The molecule has 0 N–H and O–H groups in total. The zero-order valence-electron chi connectivity index (χ0n) is 74.8. The van der Waals surface area contributed by atoms with Gasteiger partial charge in [-0.1, -0.05) is 214 Å². The Balaban J connectivity index is -0.00000000678. The van der Waals surface area contributed by atoms with E-state index < -0.39 is 0 Å². The summed E-state index contributed by atoms with van der Waals surface area (Å²) in [5.74, 6) is 0. The van der Waals surface area contributed by atoms with E-state index in [4.69, 9.17) is 0 Å². The fraction of sp³-hybridized carbons (Fsp3) is 1.00. The van der Waals surface area contributed by atoms with Gasteiger partial charge in [-0.05, 0) is 103 Å². The van der Waals surface area contributed by atoms with Gasteiger partial charge in [0.15, 0.2) is 0 Å². The molecule has 0 amide bonds. The molecule has 0 saturated heterocycles. The molecular formula is C64H144BrN4O38V16-45. The van der Waals surface area contributed by atoms with Crippen LogP contribution in [0.15, 0.2) is 0 Å². The number of rotatable bonds is 48. The van der Waals surface area contributed by atoms with Crippen LogP contribution < -0.4 is 17.0 Å². The Morgan fingerprint density at radius 3 is 0.154 bits per heavy atom. The van der Waals surface area contributed by atoms with Crippen LogP contribution in [0.5, 0.6) is 0 Å². The van der Waals surface area contributed by atoms with Crippen molar-refractivity contribution in [3.63, 3.8) is 0 Å². The minimum absolute atomic E-state index is 0. The van der Waals surface area contributed by atoms with Gasteiger partial charge in [-0.15, -0.1) is 0 Å². The number of quaternary nitrogens is 4. The summed E-state index contributed by atoms with van der Waals surface area (Å²) in [7, 11) is 0. The Morgan fingerprint density at radius 1 is 0.0976 bits per heavy atom. The van der Waals surface area contributed by atoms with Crippen LogP contribution in [0.4, 0.5) is 0 Å². The number of nitrogens with zero attached hydrogens (tertiary/aromatic N) is 4. The van der Waals surface area contributed by atoms with Gasteiger partial charge in [-0.2, -0.15) is 0 Å². The molecular weight excluding hydrogens is 2330 g/mol. The Hall–Kier alpha value is 8.15. The monoisotopic (exact) mass is 2470 g/mol. The molecule has 0 bridgehead atoms. The molecule has 0 spiro atoms. The van der Waals surface area contributed by atoms with Gasteiger partial charge in [-0.3, -0.25) is 0 Å². The second-order valence-corrected chi connectivity index (χ2v) is 22.6. The molecule has 59 heteroatoms. The van der Waals surface area contributed by atoms with Crippen LogP contribution in [0.25, 0.3) is 0 Å². The predicted octanol–water partition coefficient (Wildman–Crippen LogP) is 12.5. The second kappa shape index (κ2) is 338. The van der Waals surface area contributed by atoms with E-state index in [1.807, 2.05) is 0 Å². The molecule has 0 rings (SSSR count). The van der Waals surface area contributed by atoms with Gasteiger partial charge in [0.05, 0.1) is 105 Å². The Bertz CT molecular complexity index is 785. The zero-order valence-corrected chi connectivity index (χ0v) is 98.7. The van der Waals surface area contributed by atoms with Crippen LogP contribution >= 0.6 is 0 Å². The topological polar surface area (TPSA) is 1080 Å². The van der Waals surface area contributed by atoms with E-state index in [-0.39, 0.29) is 522 Å². The van der Waals surface area contributed by atoms with Gasteiger partial charge in [-0.25, -0.2) is 0 Å². The maximum atomic E-state index is 2.33. The molecule has 42 nitrogen and oxygen atoms in total. The molecule has 0 aliphatic carbocycles. The molecule has 0 heterocycles. The van der Waals surface area contributed by atoms with Crippen molar-refractivity contribution in [3.05, 3.63) is 0 Å². The molecule has 0 unspecified atom stereocenters. The number of hydrogen-bond donors (Lipinski definition) is 0. The summed E-state index contributed by atoms with van der Waals surface area (Å²) in [6, 6.07) is 0. The van der Waals surface area contributed by atoms with E-state index in [2.05, 4.69) is 111 Å². The average molecular weight is 2470 g/mol. The Morgan fingerprint density at radius 2 is 0.130 bits per heavy atom. The largest absolute Gasteiger partial charge is 4.00 e. The minimum Gasteiger partial charge on any atom is -2.00 e. The van der Waals surface area contributed by atoms with Crippen molar-refractivity contribution in [1.82, 2.24) is 0 Å². The fourth-order valence-corrected chi connectivity index (χ4v) is 10.6. The van der Waals surface area contributed by atoms with Crippen molar-refractivity contribution >= 4 is 0 Å². The zero-order chi connectivity index (χ0) is 51.9. The quantitative estimate of drug-likeness (QED) is 0.0513. The summed E-state index contributed by atoms with van der Waals surface area (Å²) in [4.78, 5) is 0.